The molecule has 13 heavy (non-hydrogen) atoms. The fourth-order valence-electron chi connectivity index (χ4n) is 1.44. The molecule has 0 spiro atoms. The van der Waals surface area contributed by atoms with E-state index in [1.165, 1.54) is 0 Å². The monoisotopic (exact) mass is 205 g/mol. The first kappa shape index (κ1) is 10.6. The minimum atomic E-state index is -2.28. The van der Waals surface area contributed by atoms with E-state index in [4.69, 9.17) is 5.73 Å². The van der Waals surface area contributed by atoms with E-state index in [0.29, 0.717) is 25.6 Å². The first-order valence-corrected chi connectivity index (χ1v) is 5.41. The van der Waals surface area contributed by atoms with Crippen molar-refractivity contribution in [2.24, 2.45) is 11.7 Å². The summed E-state index contributed by atoms with van der Waals surface area (Å²) in [7, 11) is 0. The van der Waals surface area contributed by atoms with Gasteiger partial charge in [0.2, 0.25) is 5.91 Å². The Morgan fingerprint density at radius 1 is 1.69 bits per heavy atom. The summed E-state index contributed by atoms with van der Waals surface area (Å²) in [6.45, 7) is 1.80. The van der Waals surface area contributed by atoms with E-state index in [1.807, 2.05) is 0 Å². The van der Waals surface area contributed by atoms with Crippen molar-refractivity contribution in [2.75, 3.05) is 25.4 Å². The highest BCUT2D eigenvalue weighted by molar-refractivity contribution is 7.79. The summed E-state index contributed by atoms with van der Waals surface area (Å²) in [5.41, 5.74) is 5.44. The molecule has 0 aromatic carbocycles. The highest BCUT2D eigenvalue weighted by Crippen LogP contribution is 2.14. The summed E-state index contributed by atoms with van der Waals surface area (Å²) in [6, 6.07) is 0. The van der Waals surface area contributed by atoms with Crippen molar-refractivity contribution in [3.8, 4) is 0 Å². The predicted octanol–water partition coefficient (Wildman–Crippen LogP) is -1.33. The van der Waals surface area contributed by atoms with Crippen molar-refractivity contribution in [3.05, 3.63) is 0 Å². The van der Waals surface area contributed by atoms with Crippen LogP contribution in [0.4, 0.5) is 0 Å². The van der Waals surface area contributed by atoms with Gasteiger partial charge in [0.15, 0.2) is 0 Å². The highest BCUT2D eigenvalue weighted by atomic mass is 32.2. The Balaban J connectivity index is 2.37. The molecular weight excluding hydrogens is 192 g/mol. The van der Waals surface area contributed by atoms with Gasteiger partial charge in [-0.05, 0) is 30.0 Å². The molecule has 1 heterocycles. The molecule has 1 aliphatic heterocycles. The number of amides is 1. The lowest BCUT2D eigenvalue weighted by atomic mass is 10.1. The van der Waals surface area contributed by atoms with Gasteiger partial charge in [0.1, 0.15) is 0 Å². The Bertz CT molecular complexity index is 222. The van der Waals surface area contributed by atoms with Crippen LogP contribution in [0.15, 0.2) is 0 Å². The number of nitrogens with zero attached hydrogens (tertiary/aromatic N) is 1. The topological polar surface area (TPSA) is 86.5 Å². The zero-order chi connectivity index (χ0) is 9.84. The number of hydrogen-bond donors (Lipinski definition) is 1. The fraction of sp³-hybridized carbons (Fsp3) is 0.857. The highest BCUT2D eigenvalue weighted by Gasteiger charge is 2.24. The molecule has 0 aromatic rings. The second-order valence-corrected chi connectivity index (χ2v) is 4.07. The fourth-order valence-corrected chi connectivity index (χ4v) is 1.83. The van der Waals surface area contributed by atoms with Crippen LogP contribution in [-0.2, 0) is 15.9 Å². The molecule has 1 saturated heterocycles. The van der Waals surface area contributed by atoms with Crippen LogP contribution >= 0.6 is 0 Å². The van der Waals surface area contributed by atoms with Crippen molar-refractivity contribution in [1.82, 2.24) is 4.90 Å². The van der Waals surface area contributed by atoms with Gasteiger partial charge in [0, 0.05) is 13.1 Å². The quantitative estimate of drug-likeness (QED) is 0.578. The molecule has 1 aliphatic rings. The van der Waals surface area contributed by atoms with E-state index in [-0.39, 0.29) is 5.91 Å². The summed E-state index contributed by atoms with van der Waals surface area (Å²) < 4.78 is 20.5. The number of carbonyl (C=O) groups is 1. The van der Waals surface area contributed by atoms with Gasteiger partial charge in [-0.25, -0.2) is 0 Å². The molecule has 0 radical (unpaired) electrons. The number of carbonyl (C=O) groups excluding carboxylic acids is 1. The van der Waals surface area contributed by atoms with E-state index >= 15 is 0 Å². The van der Waals surface area contributed by atoms with Crippen LogP contribution < -0.4 is 5.73 Å². The van der Waals surface area contributed by atoms with E-state index in [9.17, 15) is 13.6 Å². The number of nitrogens with two attached hydrogens (primary N) is 1. The number of rotatable bonds is 3. The third kappa shape index (κ3) is 3.06. The zero-order valence-electron chi connectivity index (χ0n) is 7.27. The van der Waals surface area contributed by atoms with Gasteiger partial charge in [-0.2, -0.15) is 0 Å². The van der Waals surface area contributed by atoms with Crippen molar-refractivity contribution < 1.29 is 13.6 Å². The number of likely N-dealkylation sites (tertiary alicyclic amines) is 1. The molecule has 5 nitrogen and oxygen atoms in total. The van der Waals surface area contributed by atoms with Gasteiger partial charge >= 0.3 is 0 Å². The smallest absolute Gasteiger partial charge is 0.234 e. The number of hydrogen-bond acceptors (Lipinski definition) is 4. The average Bonchev–Trinajstić information content (AvgIpc) is 2.50. The van der Waals surface area contributed by atoms with Crippen LogP contribution in [0, 0.1) is 5.92 Å². The zero-order valence-corrected chi connectivity index (χ0v) is 8.09. The van der Waals surface area contributed by atoms with Gasteiger partial charge in [-0.15, -0.1) is 0 Å². The molecule has 2 atom stereocenters. The van der Waals surface area contributed by atoms with E-state index < -0.39 is 16.8 Å². The van der Waals surface area contributed by atoms with Crippen molar-refractivity contribution in [1.29, 1.82) is 0 Å². The van der Waals surface area contributed by atoms with Gasteiger partial charge < -0.3 is 15.2 Å². The molecule has 0 bridgehead atoms. The molecule has 0 aliphatic carbocycles. The maximum atomic E-state index is 11.2. The Labute approximate surface area is 79.6 Å². The molecule has 6 heteroatoms. The Kier molecular flexibility index (Phi) is 3.83. The summed E-state index contributed by atoms with van der Waals surface area (Å²) in [4.78, 5) is 12.8. The Morgan fingerprint density at radius 3 is 2.85 bits per heavy atom. The Hall–Kier alpha value is -0.460. The molecule has 1 fully saturated rings. The van der Waals surface area contributed by atoms with Crippen LogP contribution in [0.25, 0.3) is 0 Å². The van der Waals surface area contributed by atoms with E-state index in [1.54, 1.807) is 4.90 Å². The first-order chi connectivity index (χ1) is 6.13. The lowest BCUT2D eigenvalue weighted by molar-refractivity contribution is -0.127. The SMILES string of the molecule is NCC1CCN(C(=O)CS(=O)[O-])C1. The van der Waals surface area contributed by atoms with Crippen molar-refractivity contribution >= 4 is 17.0 Å². The summed E-state index contributed by atoms with van der Waals surface area (Å²) in [5.74, 6) is -0.384. The van der Waals surface area contributed by atoms with Crippen molar-refractivity contribution in [2.45, 2.75) is 6.42 Å². The third-order valence-electron chi connectivity index (χ3n) is 2.21. The minimum absolute atomic E-state index is 0.315. The van der Waals surface area contributed by atoms with Gasteiger partial charge in [0.25, 0.3) is 0 Å². The average molecular weight is 205 g/mol. The van der Waals surface area contributed by atoms with Crippen LogP contribution in [-0.4, -0.2) is 45.0 Å². The van der Waals surface area contributed by atoms with Gasteiger partial charge in [0.05, 0.1) is 5.75 Å². The first-order valence-electron chi connectivity index (χ1n) is 4.17. The standard InChI is InChI=1S/C7H14N2O3S/c8-3-6-1-2-9(4-6)7(10)5-13(11)12/h6H,1-5,8H2,(H,11,12)/p-1. The van der Waals surface area contributed by atoms with E-state index in [2.05, 4.69) is 0 Å². The van der Waals surface area contributed by atoms with Crippen LogP contribution in [0.5, 0.6) is 0 Å². The molecule has 2 N–H and O–H groups in total. The molecule has 1 rings (SSSR count). The molecule has 1 amide bonds. The predicted molar refractivity (Wildman–Crippen MR) is 47.5 cm³/mol. The van der Waals surface area contributed by atoms with E-state index in [0.717, 1.165) is 6.42 Å². The largest absolute Gasteiger partial charge is 0.772 e. The lowest BCUT2D eigenvalue weighted by Gasteiger charge is -2.16. The summed E-state index contributed by atoms with van der Waals surface area (Å²) >= 11 is -2.28. The summed E-state index contributed by atoms with van der Waals surface area (Å²) in [5, 5.41) is 0. The summed E-state index contributed by atoms with van der Waals surface area (Å²) in [6.07, 6.45) is 0.883. The molecule has 0 aromatic heterocycles. The molecule has 76 valence electrons. The van der Waals surface area contributed by atoms with Crippen LogP contribution in [0.3, 0.4) is 0 Å². The van der Waals surface area contributed by atoms with Crippen molar-refractivity contribution in [3.63, 3.8) is 0 Å². The van der Waals surface area contributed by atoms with Gasteiger partial charge in [-0.1, -0.05) is 0 Å². The van der Waals surface area contributed by atoms with Crippen LogP contribution in [0.1, 0.15) is 6.42 Å². The normalized spacial score (nSPS) is 24.8. The second kappa shape index (κ2) is 4.69. The maximum absolute atomic E-state index is 11.2. The molecule has 0 saturated carbocycles. The lowest BCUT2D eigenvalue weighted by Crippen LogP contribution is -2.33. The maximum Gasteiger partial charge on any atom is 0.234 e. The molecular formula is C7H13N2O3S-. The second-order valence-electron chi connectivity index (χ2n) is 3.18. The van der Waals surface area contributed by atoms with Crippen LogP contribution in [0.2, 0.25) is 0 Å². The Morgan fingerprint density at radius 2 is 2.38 bits per heavy atom. The molecule has 2 unspecified atom stereocenters. The minimum Gasteiger partial charge on any atom is -0.772 e. The third-order valence-corrected chi connectivity index (χ3v) is 2.70. The van der Waals surface area contributed by atoms with Gasteiger partial charge in [-0.3, -0.25) is 9.00 Å².